The maximum Gasteiger partial charge on any atom is 0.346 e. The highest BCUT2D eigenvalue weighted by Gasteiger charge is 2.10. The first-order valence-electron chi connectivity index (χ1n) is 8.81. The van der Waals surface area contributed by atoms with E-state index in [-0.39, 0.29) is 25.0 Å². The first-order valence-corrected chi connectivity index (χ1v) is 8.81. The SMILES string of the molecule is O=C(O)C=Nc1ccccc1Nc1ncc(F)c(Nc2cccc(OCCO)c2)n1. The van der Waals surface area contributed by atoms with Gasteiger partial charge in [0.2, 0.25) is 5.95 Å². The van der Waals surface area contributed by atoms with Crippen LogP contribution in [-0.4, -0.2) is 45.6 Å². The van der Waals surface area contributed by atoms with Crippen LogP contribution in [0.5, 0.6) is 5.75 Å². The number of rotatable bonds is 9. The largest absolute Gasteiger partial charge is 0.491 e. The molecule has 2 aromatic carbocycles. The molecule has 0 unspecified atom stereocenters. The molecule has 0 aliphatic heterocycles. The first kappa shape index (κ1) is 20.7. The Morgan fingerprint density at radius 3 is 2.83 bits per heavy atom. The van der Waals surface area contributed by atoms with E-state index < -0.39 is 11.8 Å². The average molecular weight is 411 g/mol. The number of benzene rings is 2. The van der Waals surface area contributed by atoms with Crippen LogP contribution < -0.4 is 15.4 Å². The first-order chi connectivity index (χ1) is 14.5. The van der Waals surface area contributed by atoms with Gasteiger partial charge in [0.15, 0.2) is 11.6 Å². The summed E-state index contributed by atoms with van der Waals surface area (Å²) in [6.07, 6.45) is 1.78. The van der Waals surface area contributed by atoms with Gasteiger partial charge in [-0.25, -0.2) is 19.2 Å². The van der Waals surface area contributed by atoms with E-state index in [0.717, 1.165) is 12.4 Å². The van der Waals surface area contributed by atoms with Crippen LogP contribution in [0.15, 0.2) is 59.7 Å². The van der Waals surface area contributed by atoms with Crippen molar-refractivity contribution >= 4 is 41.0 Å². The Hall–Kier alpha value is -4.05. The quantitative estimate of drug-likeness (QED) is 0.395. The van der Waals surface area contributed by atoms with Gasteiger partial charge in [0.1, 0.15) is 18.6 Å². The average Bonchev–Trinajstić information content (AvgIpc) is 2.74. The van der Waals surface area contributed by atoms with Crippen molar-refractivity contribution in [2.75, 3.05) is 23.8 Å². The Balaban J connectivity index is 1.81. The van der Waals surface area contributed by atoms with Crippen LogP contribution in [0.25, 0.3) is 0 Å². The minimum atomic E-state index is -1.18. The number of anilines is 4. The second-order valence-electron chi connectivity index (χ2n) is 5.85. The van der Waals surface area contributed by atoms with Gasteiger partial charge in [0.05, 0.1) is 24.2 Å². The van der Waals surface area contributed by atoms with E-state index in [4.69, 9.17) is 14.9 Å². The molecular weight excluding hydrogens is 393 g/mol. The molecule has 0 fully saturated rings. The second kappa shape index (κ2) is 9.94. The van der Waals surface area contributed by atoms with E-state index in [1.807, 2.05) is 0 Å². The lowest BCUT2D eigenvalue weighted by Gasteiger charge is -2.11. The molecule has 3 rings (SSSR count). The summed E-state index contributed by atoms with van der Waals surface area (Å²) in [7, 11) is 0. The molecule has 0 aliphatic carbocycles. The van der Waals surface area contributed by atoms with Gasteiger partial charge < -0.3 is 25.6 Å². The molecule has 0 saturated heterocycles. The van der Waals surface area contributed by atoms with Gasteiger partial charge in [-0.2, -0.15) is 4.98 Å². The third-order valence-electron chi connectivity index (χ3n) is 3.67. The van der Waals surface area contributed by atoms with Gasteiger partial charge in [-0.1, -0.05) is 18.2 Å². The van der Waals surface area contributed by atoms with Crippen molar-refractivity contribution < 1.29 is 24.1 Å². The van der Waals surface area contributed by atoms with E-state index in [2.05, 4.69) is 25.6 Å². The van der Waals surface area contributed by atoms with Crippen LogP contribution in [0, 0.1) is 5.82 Å². The number of hydrogen-bond donors (Lipinski definition) is 4. The fourth-order valence-electron chi connectivity index (χ4n) is 2.42. The summed E-state index contributed by atoms with van der Waals surface area (Å²) in [5.74, 6) is -1.33. The van der Waals surface area contributed by atoms with Gasteiger partial charge in [-0.05, 0) is 24.3 Å². The Morgan fingerprint density at radius 1 is 1.20 bits per heavy atom. The Bertz CT molecular complexity index is 1060. The number of nitrogens with zero attached hydrogens (tertiary/aromatic N) is 3. The lowest BCUT2D eigenvalue weighted by molar-refractivity contribution is -0.128. The highest BCUT2D eigenvalue weighted by molar-refractivity contribution is 6.22. The molecule has 0 atom stereocenters. The number of aliphatic imine (C=N–C) groups is 1. The predicted molar refractivity (Wildman–Crippen MR) is 110 cm³/mol. The number of aliphatic hydroxyl groups is 1. The van der Waals surface area contributed by atoms with Gasteiger partial charge in [-0.15, -0.1) is 0 Å². The number of para-hydroxylation sites is 2. The Morgan fingerprint density at radius 2 is 2.03 bits per heavy atom. The number of hydrogen-bond acceptors (Lipinski definition) is 8. The zero-order valence-electron chi connectivity index (χ0n) is 15.6. The van der Waals surface area contributed by atoms with Crippen LogP contribution in [0.4, 0.5) is 33.2 Å². The zero-order chi connectivity index (χ0) is 21.3. The highest BCUT2D eigenvalue weighted by Crippen LogP contribution is 2.28. The van der Waals surface area contributed by atoms with Crippen molar-refractivity contribution in [3.8, 4) is 5.75 Å². The van der Waals surface area contributed by atoms with Gasteiger partial charge in [0.25, 0.3) is 0 Å². The summed E-state index contributed by atoms with van der Waals surface area (Å²) in [4.78, 5) is 22.6. The maximum absolute atomic E-state index is 14.2. The second-order valence-corrected chi connectivity index (χ2v) is 5.85. The molecule has 0 spiro atoms. The molecular formula is C20H18FN5O4. The fourth-order valence-corrected chi connectivity index (χ4v) is 2.42. The monoisotopic (exact) mass is 411 g/mol. The van der Waals surface area contributed by atoms with E-state index in [1.165, 1.54) is 0 Å². The van der Waals surface area contributed by atoms with Crippen molar-refractivity contribution in [1.82, 2.24) is 9.97 Å². The summed E-state index contributed by atoms with van der Waals surface area (Å²) in [5, 5.41) is 23.4. The van der Waals surface area contributed by atoms with Crippen LogP contribution in [-0.2, 0) is 4.79 Å². The number of halogens is 1. The number of aromatic nitrogens is 2. The summed E-state index contributed by atoms with van der Waals surface area (Å²) in [5.41, 5.74) is 1.34. The van der Waals surface area contributed by atoms with Crippen LogP contribution in [0.2, 0.25) is 0 Å². The Kier molecular flexibility index (Phi) is 6.85. The molecule has 0 saturated carbocycles. The lowest BCUT2D eigenvalue weighted by atomic mass is 10.2. The third-order valence-corrected chi connectivity index (χ3v) is 3.67. The molecule has 1 heterocycles. The molecule has 154 valence electrons. The molecule has 0 bridgehead atoms. The van der Waals surface area contributed by atoms with Crippen molar-refractivity contribution in [3.05, 3.63) is 60.5 Å². The Labute approximate surface area is 170 Å². The number of nitrogens with one attached hydrogen (secondary N) is 2. The standard InChI is InChI=1S/C20H18FN5O4/c21-15-11-23-20(25-17-7-2-1-6-16(17)22-12-18(28)29)26-19(15)24-13-4-3-5-14(10-13)30-9-8-27/h1-7,10-12,27H,8-9H2,(H,28,29)(H2,23,24,25,26). The van der Waals surface area contributed by atoms with E-state index >= 15 is 0 Å². The molecule has 10 heteroatoms. The minimum Gasteiger partial charge on any atom is -0.491 e. The molecule has 0 radical (unpaired) electrons. The molecule has 3 aromatic rings. The fraction of sp³-hybridized carbons (Fsp3) is 0.100. The minimum absolute atomic E-state index is 0.0710. The summed E-state index contributed by atoms with van der Waals surface area (Å²) >= 11 is 0. The van der Waals surface area contributed by atoms with E-state index in [1.54, 1.807) is 48.5 Å². The normalized spacial score (nSPS) is 10.7. The molecule has 0 amide bonds. The summed E-state index contributed by atoms with van der Waals surface area (Å²) < 4.78 is 19.6. The summed E-state index contributed by atoms with van der Waals surface area (Å²) in [6.45, 7) is 0.0222. The summed E-state index contributed by atoms with van der Waals surface area (Å²) in [6, 6.07) is 13.5. The van der Waals surface area contributed by atoms with E-state index in [9.17, 15) is 9.18 Å². The van der Waals surface area contributed by atoms with Gasteiger partial charge >= 0.3 is 5.97 Å². The van der Waals surface area contributed by atoms with Crippen LogP contribution in [0.1, 0.15) is 0 Å². The van der Waals surface area contributed by atoms with Crippen molar-refractivity contribution in [3.63, 3.8) is 0 Å². The lowest BCUT2D eigenvalue weighted by Crippen LogP contribution is -2.04. The van der Waals surface area contributed by atoms with Gasteiger partial charge in [-0.3, -0.25) is 0 Å². The number of carboxylic acid groups (broad SMARTS) is 1. The van der Waals surface area contributed by atoms with Crippen molar-refractivity contribution in [1.29, 1.82) is 0 Å². The van der Waals surface area contributed by atoms with Gasteiger partial charge in [0, 0.05) is 11.8 Å². The maximum atomic E-state index is 14.2. The van der Waals surface area contributed by atoms with Crippen molar-refractivity contribution in [2.24, 2.45) is 4.99 Å². The highest BCUT2D eigenvalue weighted by atomic mass is 19.1. The zero-order valence-corrected chi connectivity index (χ0v) is 15.6. The predicted octanol–water partition coefficient (Wildman–Crippen LogP) is 3.26. The number of carboxylic acids is 1. The number of ether oxygens (including phenoxy) is 1. The van der Waals surface area contributed by atoms with Crippen molar-refractivity contribution in [2.45, 2.75) is 0 Å². The topological polar surface area (TPSA) is 129 Å². The van der Waals surface area contributed by atoms with E-state index in [0.29, 0.717) is 22.8 Å². The molecule has 4 N–H and O–H groups in total. The third kappa shape index (κ3) is 5.72. The molecule has 0 aliphatic rings. The smallest absolute Gasteiger partial charge is 0.346 e. The number of aliphatic hydroxyl groups excluding tert-OH is 1. The number of carbonyl (C=O) groups is 1. The molecule has 1 aromatic heterocycles. The number of aliphatic carboxylic acids is 1. The van der Waals surface area contributed by atoms with Crippen LogP contribution in [0.3, 0.4) is 0 Å². The molecule has 30 heavy (non-hydrogen) atoms. The molecule has 9 nitrogen and oxygen atoms in total. The van der Waals surface area contributed by atoms with Crippen LogP contribution >= 0.6 is 0 Å².